The molecule has 0 heterocycles. The van der Waals surface area contributed by atoms with Gasteiger partial charge in [0.05, 0.1) is 5.92 Å². The fourth-order valence-corrected chi connectivity index (χ4v) is 1.60. The van der Waals surface area contributed by atoms with E-state index in [9.17, 15) is 14.0 Å². The van der Waals surface area contributed by atoms with Gasteiger partial charge in [0.15, 0.2) is 0 Å². The lowest BCUT2D eigenvalue weighted by molar-refractivity contribution is -0.141. The predicted molar refractivity (Wildman–Crippen MR) is 64.9 cm³/mol. The largest absolute Gasteiger partial charge is 0.481 e. The maximum absolute atomic E-state index is 13.1. The topological polar surface area (TPSA) is 57.6 Å². The summed E-state index contributed by atoms with van der Waals surface area (Å²) in [5.74, 6) is -2.48. The van der Waals surface area contributed by atoms with Crippen LogP contribution in [0.4, 0.5) is 4.39 Å². The van der Waals surface area contributed by atoms with Crippen molar-refractivity contribution < 1.29 is 19.1 Å². The molecular formula is C13H16FNO3. The van der Waals surface area contributed by atoms with E-state index in [1.54, 1.807) is 6.92 Å². The number of carboxylic acid groups (broad SMARTS) is 1. The van der Waals surface area contributed by atoms with Gasteiger partial charge in [-0.2, -0.15) is 0 Å². The number of carboxylic acids is 1. The zero-order valence-electron chi connectivity index (χ0n) is 10.6. The Bertz CT molecular complexity index is 473. The molecule has 1 amide bonds. The quantitative estimate of drug-likeness (QED) is 0.892. The van der Waals surface area contributed by atoms with Gasteiger partial charge in [0, 0.05) is 19.2 Å². The lowest BCUT2D eigenvalue weighted by Gasteiger charge is -2.20. The van der Waals surface area contributed by atoms with Gasteiger partial charge in [0.2, 0.25) is 0 Å². The first kappa shape index (κ1) is 14.2. The molecule has 0 aliphatic heterocycles. The van der Waals surface area contributed by atoms with Crippen molar-refractivity contribution in [3.05, 3.63) is 35.1 Å². The molecule has 0 saturated carbocycles. The van der Waals surface area contributed by atoms with Crippen LogP contribution in [0.15, 0.2) is 18.2 Å². The number of carbonyl (C=O) groups excluding carboxylic acids is 1. The van der Waals surface area contributed by atoms with Gasteiger partial charge in [-0.05, 0) is 24.6 Å². The van der Waals surface area contributed by atoms with E-state index in [0.717, 1.165) is 0 Å². The minimum Gasteiger partial charge on any atom is -0.481 e. The average molecular weight is 253 g/mol. The van der Waals surface area contributed by atoms with Crippen molar-refractivity contribution in [1.29, 1.82) is 0 Å². The minimum atomic E-state index is -0.967. The first-order valence-electron chi connectivity index (χ1n) is 5.57. The summed E-state index contributed by atoms with van der Waals surface area (Å²) in [5, 5.41) is 8.78. The van der Waals surface area contributed by atoms with Gasteiger partial charge in [-0.1, -0.05) is 13.0 Å². The van der Waals surface area contributed by atoms with Crippen LogP contribution >= 0.6 is 0 Å². The first-order valence-corrected chi connectivity index (χ1v) is 5.57. The Morgan fingerprint density at radius 1 is 1.44 bits per heavy atom. The van der Waals surface area contributed by atoms with E-state index in [0.29, 0.717) is 5.56 Å². The van der Waals surface area contributed by atoms with E-state index in [1.165, 1.54) is 37.1 Å². The van der Waals surface area contributed by atoms with Crippen LogP contribution in [0.3, 0.4) is 0 Å². The highest BCUT2D eigenvalue weighted by Crippen LogP contribution is 2.13. The van der Waals surface area contributed by atoms with Crippen LogP contribution in [-0.2, 0) is 4.79 Å². The smallest absolute Gasteiger partial charge is 0.308 e. The Morgan fingerprint density at radius 2 is 2.06 bits per heavy atom. The second-order valence-electron chi connectivity index (χ2n) is 4.38. The van der Waals surface area contributed by atoms with E-state index in [-0.39, 0.29) is 18.0 Å². The Labute approximate surface area is 105 Å². The molecule has 0 unspecified atom stereocenters. The number of rotatable bonds is 4. The second-order valence-corrected chi connectivity index (χ2v) is 4.38. The molecular weight excluding hydrogens is 237 g/mol. The van der Waals surface area contributed by atoms with Gasteiger partial charge >= 0.3 is 5.97 Å². The molecule has 18 heavy (non-hydrogen) atoms. The molecule has 0 aliphatic rings. The molecule has 0 aromatic heterocycles. The highest BCUT2D eigenvalue weighted by Gasteiger charge is 2.19. The summed E-state index contributed by atoms with van der Waals surface area (Å²) < 4.78 is 13.1. The highest BCUT2D eigenvalue weighted by molar-refractivity contribution is 5.95. The molecule has 4 nitrogen and oxygen atoms in total. The molecule has 1 rings (SSSR count). The van der Waals surface area contributed by atoms with E-state index < -0.39 is 17.7 Å². The van der Waals surface area contributed by atoms with E-state index in [4.69, 9.17) is 5.11 Å². The highest BCUT2D eigenvalue weighted by atomic mass is 19.1. The number of nitrogens with zero attached hydrogens (tertiary/aromatic N) is 1. The monoisotopic (exact) mass is 253 g/mol. The van der Waals surface area contributed by atoms with Crippen molar-refractivity contribution in [2.45, 2.75) is 13.8 Å². The number of hydrogen-bond acceptors (Lipinski definition) is 2. The summed E-state index contributed by atoms with van der Waals surface area (Å²) in [6.07, 6.45) is 0. The van der Waals surface area contributed by atoms with Crippen LogP contribution < -0.4 is 0 Å². The number of aryl methyl sites for hydroxylation is 1. The molecule has 98 valence electrons. The molecule has 1 aromatic rings. The fourth-order valence-electron chi connectivity index (χ4n) is 1.60. The molecule has 1 N–H and O–H groups in total. The number of halogens is 1. The fraction of sp³-hybridized carbons (Fsp3) is 0.385. The third-order valence-corrected chi connectivity index (χ3v) is 2.75. The molecule has 0 aliphatic carbocycles. The predicted octanol–water partition coefficient (Wildman–Crippen LogP) is 1.93. The van der Waals surface area contributed by atoms with Crippen molar-refractivity contribution >= 4 is 11.9 Å². The summed E-state index contributed by atoms with van der Waals surface area (Å²) in [6, 6.07) is 3.97. The summed E-state index contributed by atoms with van der Waals surface area (Å²) in [5.41, 5.74) is 0.923. The van der Waals surface area contributed by atoms with Gasteiger partial charge in [-0.15, -0.1) is 0 Å². The third-order valence-electron chi connectivity index (χ3n) is 2.75. The maximum atomic E-state index is 13.1. The number of amides is 1. The zero-order valence-corrected chi connectivity index (χ0v) is 10.6. The second kappa shape index (κ2) is 5.62. The molecule has 1 aromatic carbocycles. The van der Waals surface area contributed by atoms with Crippen molar-refractivity contribution in [2.75, 3.05) is 13.6 Å². The molecule has 1 atom stereocenters. The van der Waals surface area contributed by atoms with Gasteiger partial charge in [0.1, 0.15) is 5.82 Å². The number of carbonyl (C=O) groups is 2. The standard InChI is InChI=1S/C13H16FNO3/c1-8-4-5-10(14)6-11(8)12(16)15(3)7-9(2)13(17)18/h4-6,9H,7H2,1-3H3,(H,17,18)/t9-/m0/s1. The lowest BCUT2D eigenvalue weighted by Crippen LogP contribution is -2.34. The van der Waals surface area contributed by atoms with E-state index in [2.05, 4.69) is 0 Å². The number of aliphatic carboxylic acids is 1. The van der Waals surface area contributed by atoms with Gasteiger partial charge in [0.25, 0.3) is 5.91 Å². The normalized spacial score (nSPS) is 12.0. The summed E-state index contributed by atoms with van der Waals surface area (Å²) in [7, 11) is 1.51. The molecule has 0 saturated heterocycles. The zero-order chi connectivity index (χ0) is 13.9. The van der Waals surface area contributed by atoms with Crippen molar-refractivity contribution in [1.82, 2.24) is 4.90 Å². The molecule has 5 heteroatoms. The first-order chi connectivity index (χ1) is 8.32. The van der Waals surface area contributed by atoms with Crippen LogP contribution in [0.1, 0.15) is 22.8 Å². The molecule has 0 spiro atoms. The minimum absolute atomic E-state index is 0.0874. The Hall–Kier alpha value is -1.91. The van der Waals surface area contributed by atoms with Crippen molar-refractivity contribution in [3.8, 4) is 0 Å². The van der Waals surface area contributed by atoms with Crippen LogP contribution in [0.5, 0.6) is 0 Å². The summed E-state index contributed by atoms with van der Waals surface area (Å²) >= 11 is 0. The number of hydrogen-bond donors (Lipinski definition) is 1. The van der Waals surface area contributed by atoms with Crippen molar-refractivity contribution in [3.63, 3.8) is 0 Å². The number of benzene rings is 1. The molecule has 0 radical (unpaired) electrons. The van der Waals surface area contributed by atoms with Crippen LogP contribution in [0.2, 0.25) is 0 Å². The van der Waals surface area contributed by atoms with Crippen LogP contribution in [0.25, 0.3) is 0 Å². The van der Waals surface area contributed by atoms with Crippen molar-refractivity contribution in [2.24, 2.45) is 5.92 Å². The maximum Gasteiger partial charge on any atom is 0.308 e. The lowest BCUT2D eigenvalue weighted by atomic mass is 10.1. The Kier molecular flexibility index (Phi) is 4.42. The van der Waals surface area contributed by atoms with Crippen LogP contribution in [-0.4, -0.2) is 35.5 Å². The molecule has 0 bridgehead atoms. The van der Waals surface area contributed by atoms with Crippen LogP contribution in [0, 0.1) is 18.7 Å². The van der Waals surface area contributed by atoms with Gasteiger partial charge in [-0.3, -0.25) is 9.59 Å². The molecule has 0 fully saturated rings. The average Bonchev–Trinajstić information content (AvgIpc) is 2.31. The van der Waals surface area contributed by atoms with Gasteiger partial charge < -0.3 is 10.0 Å². The van der Waals surface area contributed by atoms with E-state index in [1.807, 2.05) is 0 Å². The summed E-state index contributed by atoms with van der Waals surface area (Å²) in [4.78, 5) is 24.1. The van der Waals surface area contributed by atoms with E-state index >= 15 is 0 Å². The summed E-state index contributed by atoms with van der Waals surface area (Å²) in [6.45, 7) is 3.32. The Morgan fingerprint density at radius 3 is 2.61 bits per heavy atom. The van der Waals surface area contributed by atoms with Gasteiger partial charge in [-0.25, -0.2) is 4.39 Å². The SMILES string of the molecule is Cc1ccc(F)cc1C(=O)N(C)C[C@H](C)C(=O)O. The Balaban J connectivity index is 2.86. The third kappa shape index (κ3) is 3.29.